The monoisotopic (exact) mass is 210 g/mol. The standard InChI is InChI=1S/C12H10N4/c1-2-5-11-10(4-1)6-7-12(15-14-11)16-9-3-8-13-16/h1-9,14H. The maximum atomic E-state index is 4.29. The summed E-state index contributed by atoms with van der Waals surface area (Å²) in [6.45, 7) is 0. The summed E-state index contributed by atoms with van der Waals surface area (Å²) in [5.41, 5.74) is 5.15. The number of fused-ring (bicyclic) bond motifs is 1. The van der Waals surface area contributed by atoms with Crippen LogP contribution in [0.5, 0.6) is 0 Å². The van der Waals surface area contributed by atoms with E-state index in [1.807, 2.05) is 48.7 Å². The number of hydrazone groups is 1. The van der Waals surface area contributed by atoms with Crippen LogP contribution in [0.15, 0.2) is 53.9 Å². The third kappa shape index (κ3) is 1.50. The molecule has 2 heterocycles. The molecular formula is C12H10N4. The van der Waals surface area contributed by atoms with Crippen LogP contribution < -0.4 is 5.43 Å². The Morgan fingerprint density at radius 2 is 2.00 bits per heavy atom. The molecule has 0 spiro atoms. The summed E-state index contributed by atoms with van der Waals surface area (Å²) in [7, 11) is 0. The van der Waals surface area contributed by atoms with E-state index in [1.54, 1.807) is 10.9 Å². The van der Waals surface area contributed by atoms with E-state index in [1.165, 1.54) is 0 Å². The first-order valence-corrected chi connectivity index (χ1v) is 5.04. The Labute approximate surface area is 92.9 Å². The lowest BCUT2D eigenvalue weighted by atomic mass is 10.2. The lowest BCUT2D eigenvalue weighted by molar-refractivity contribution is 0.933. The van der Waals surface area contributed by atoms with Gasteiger partial charge in [-0.2, -0.15) is 10.2 Å². The summed E-state index contributed by atoms with van der Waals surface area (Å²) in [6.07, 6.45) is 7.55. The predicted molar refractivity (Wildman–Crippen MR) is 64.2 cm³/mol. The molecule has 3 rings (SSSR count). The van der Waals surface area contributed by atoms with Gasteiger partial charge in [-0.1, -0.05) is 18.2 Å². The molecule has 0 atom stereocenters. The van der Waals surface area contributed by atoms with Crippen LogP contribution in [0.25, 0.3) is 6.08 Å². The number of hydrogen-bond donors (Lipinski definition) is 1. The summed E-state index contributed by atoms with van der Waals surface area (Å²) in [4.78, 5) is 0. The number of allylic oxidation sites excluding steroid dienone is 1. The van der Waals surface area contributed by atoms with E-state index in [-0.39, 0.29) is 0 Å². The van der Waals surface area contributed by atoms with Gasteiger partial charge in [-0.3, -0.25) is 5.43 Å². The van der Waals surface area contributed by atoms with Gasteiger partial charge in [-0.15, -0.1) is 0 Å². The highest BCUT2D eigenvalue weighted by atomic mass is 15.4. The smallest absolute Gasteiger partial charge is 0.173 e. The molecule has 78 valence electrons. The van der Waals surface area contributed by atoms with E-state index < -0.39 is 0 Å². The van der Waals surface area contributed by atoms with Crippen LogP contribution in [0.3, 0.4) is 0 Å². The number of hydrogen-bond acceptors (Lipinski definition) is 3. The summed E-state index contributed by atoms with van der Waals surface area (Å²) >= 11 is 0. The molecule has 1 aromatic heterocycles. The van der Waals surface area contributed by atoms with Gasteiger partial charge < -0.3 is 0 Å². The van der Waals surface area contributed by atoms with Gasteiger partial charge in [0.15, 0.2) is 5.84 Å². The average Bonchev–Trinajstić information content (AvgIpc) is 2.76. The van der Waals surface area contributed by atoms with Crippen molar-refractivity contribution in [3.05, 3.63) is 54.4 Å². The van der Waals surface area contributed by atoms with Crippen molar-refractivity contribution in [2.45, 2.75) is 0 Å². The average molecular weight is 210 g/mol. The Bertz CT molecular complexity index is 552. The molecule has 0 amide bonds. The van der Waals surface area contributed by atoms with Gasteiger partial charge in [0.2, 0.25) is 0 Å². The van der Waals surface area contributed by atoms with Crippen LogP contribution in [0, 0.1) is 0 Å². The number of nitrogens with zero attached hydrogens (tertiary/aromatic N) is 3. The fraction of sp³-hybridized carbons (Fsp3) is 0. The fourth-order valence-corrected chi connectivity index (χ4v) is 1.60. The van der Waals surface area contributed by atoms with Crippen molar-refractivity contribution in [2.24, 2.45) is 5.10 Å². The van der Waals surface area contributed by atoms with Crippen LogP contribution in [0.4, 0.5) is 5.69 Å². The molecule has 1 N–H and O–H groups in total. The van der Waals surface area contributed by atoms with Crippen molar-refractivity contribution in [2.75, 3.05) is 5.43 Å². The zero-order valence-corrected chi connectivity index (χ0v) is 8.54. The Morgan fingerprint density at radius 3 is 2.88 bits per heavy atom. The van der Waals surface area contributed by atoms with Crippen LogP contribution in [-0.2, 0) is 0 Å². The first kappa shape index (κ1) is 8.91. The topological polar surface area (TPSA) is 42.2 Å². The molecule has 0 saturated carbocycles. The molecule has 0 radical (unpaired) electrons. The maximum Gasteiger partial charge on any atom is 0.173 e. The molecule has 1 aliphatic heterocycles. The van der Waals surface area contributed by atoms with Crippen molar-refractivity contribution in [3.63, 3.8) is 0 Å². The summed E-state index contributed by atoms with van der Waals surface area (Å²) in [5.74, 6) is 0.765. The minimum Gasteiger partial charge on any atom is -0.276 e. The minimum atomic E-state index is 0.765. The molecule has 0 bridgehead atoms. The Hall–Kier alpha value is -2.36. The lowest BCUT2D eigenvalue weighted by Gasteiger charge is -2.02. The maximum absolute atomic E-state index is 4.29. The van der Waals surface area contributed by atoms with Crippen molar-refractivity contribution in [1.82, 2.24) is 9.78 Å². The molecular weight excluding hydrogens is 200 g/mol. The lowest BCUT2D eigenvalue weighted by Crippen LogP contribution is -2.10. The zero-order valence-electron chi connectivity index (χ0n) is 8.54. The van der Waals surface area contributed by atoms with E-state index in [0.29, 0.717) is 0 Å². The van der Waals surface area contributed by atoms with Crippen LogP contribution >= 0.6 is 0 Å². The number of benzene rings is 1. The first-order chi connectivity index (χ1) is 7.93. The minimum absolute atomic E-state index is 0.765. The van der Waals surface area contributed by atoms with Gasteiger partial charge in [-0.25, -0.2) is 4.68 Å². The van der Waals surface area contributed by atoms with Crippen LogP contribution in [0.1, 0.15) is 5.56 Å². The highest BCUT2D eigenvalue weighted by molar-refractivity contribution is 5.99. The third-order valence-corrected chi connectivity index (χ3v) is 2.40. The van der Waals surface area contributed by atoms with E-state index >= 15 is 0 Å². The highest BCUT2D eigenvalue weighted by Gasteiger charge is 2.04. The summed E-state index contributed by atoms with van der Waals surface area (Å²) in [6, 6.07) is 9.89. The summed E-state index contributed by atoms with van der Waals surface area (Å²) < 4.78 is 1.72. The SMILES string of the molecule is C1=Cc2ccccc2NN=C1n1cccn1. The summed E-state index contributed by atoms with van der Waals surface area (Å²) in [5, 5.41) is 8.43. The second-order valence-corrected chi connectivity index (χ2v) is 3.45. The van der Waals surface area contributed by atoms with Gasteiger partial charge in [-0.05, 0) is 29.8 Å². The molecule has 4 nitrogen and oxygen atoms in total. The fourth-order valence-electron chi connectivity index (χ4n) is 1.60. The van der Waals surface area contributed by atoms with Crippen molar-refractivity contribution in [3.8, 4) is 0 Å². The van der Waals surface area contributed by atoms with Crippen LogP contribution in [-0.4, -0.2) is 15.6 Å². The first-order valence-electron chi connectivity index (χ1n) is 5.04. The van der Waals surface area contributed by atoms with E-state index in [4.69, 9.17) is 0 Å². The van der Waals surface area contributed by atoms with E-state index in [2.05, 4.69) is 15.6 Å². The Morgan fingerprint density at radius 1 is 1.06 bits per heavy atom. The normalized spacial score (nSPS) is 13.6. The van der Waals surface area contributed by atoms with E-state index in [0.717, 1.165) is 17.1 Å². The molecule has 0 saturated heterocycles. The van der Waals surface area contributed by atoms with Crippen molar-refractivity contribution < 1.29 is 0 Å². The third-order valence-electron chi connectivity index (χ3n) is 2.40. The molecule has 0 fully saturated rings. The van der Waals surface area contributed by atoms with Gasteiger partial charge in [0.1, 0.15) is 0 Å². The number of para-hydroxylation sites is 1. The number of anilines is 1. The second kappa shape index (κ2) is 3.66. The van der Waals surface area contributed by atoms with Crippen molar-refractivity contribution in [1.29, 1.82) is 0 Å². The van der Waals surface area contributed by atoms with Gasteiger partial charge in [0.05, 0.1) is 5.69 Å². The molecule has 1 aliphatic rings. The zero-order chi connectivity index (χ0) is 10.8. The predicted octanol–water partition coefficient (Wildman–Crippen LogP) is 2.18. The molecule has 2 aromatic rings. The quantitative estimate of drug-likeness (QED) is 0.724. The van der Waals surface area contributed by atoms with Gasteiger partial charge >= 0.3 is 0 Å². The van der Waals surface area contributed by atoms with Crippen LogP contribution in [0.2, 0.25) is 0 Å². The molecule has 0 aliphatic carbocycles. The molecule has 1 aromatic carbocycles. The number of nitrogens with one attached hydrogen (secondary N) is 1. The van der Waals surface area contributed by atoms with Gasteiger partial charge in [0, 0.05) is 12.4 Å². The Balaban J connectivity index is 2.01. The largest absolute Gasteiger partial charge is 0.276 e. The van der Waals surface area contributed by atoms with Gasteiger partial charge in [0.25, 0.3) is 0 Å². The van der Waals surface area contributed by atoms with Crippen molar-refractivity contribution >= 4 is 17.6 Å². The number of aromatic nitrogens is 2. The Kier molecular flexibility index (Phi) is 2.04. The van der Waals surface area contributed by atoms with E-state index in [9.17, 15) is 0 Å². The number of rotatable bonds is 0. The molecule has 16 heavy (non-hydrogen) atoms. The molecule has 0 unspecified atom stereocenters. The highest BCUT2D eigenvalue weighted by Crippen LogP contribution is 2.18. The molecule has 4 heteroatoms. The second-order valence-electron chi connectivity index (χ2n) is 3.45.